The van der Waals surface area contributed by atoms with Crippen molar-refractivity contribution in [1.82, 2.24) is 19.9 Å². The van der Waals surface area contributed by atoms with E-state index in [4.69, 9.17) is 42.6 Å². The van der Waals surface area contributed by atoms with Gasteiger partial charge in [-0.1, -0.05) is 19.1 Å². The third-order valence-corrected chi connectivity index (χ3v) is 6.53. The maximum atomic E-state index is 12.3. The molecule has 1 aliphatic heterocycles. The van der Waals surface area contributed by atoms with Crippen molar-refractivity contribution in [2.45, 2.75) is 46.2 Å². The average Bonchev–Trinajstić information content (AvgIpc) is 3.61. The molecule has 0 bridgehead atoms. The van der Waals surface area contributed by atoms with Crippen LogP contribution in [0.15, 0.2) is 6.20 Å². The average molecular weight is 647 g/mol. The Kier molecular flexibility index (Phi) is 23.5. The van der Waals surface area contributed by atoms with Crippen LogP contribution in [0.5, 0.6) is 0 Å². The summed E-state index contributed by atoms with van der Waals surface area (Å²) in [7, 11) is 0. The van der Waals surface area contributed by atoms with Crippen LogP contribution in [0.25, 0.3) is 0 Å². The van der Waals surface area contributed by atoms with Crippen LogP contribution in [0.1, 0.15) is 38.8 Å². The molecular weight excluding hydrogens is 592 g/mol. The van der Waals surface area contributed by atoms with Gasteiger partial charge in [-0.05, 0) is 12.8 Å². The van der Waals surface area contributed by atoms with E-state index in [1.54, 1.807) is 10.9 Å². The van der Waals surface area contributed by atoms with Crippen LogP contribution in [0, 0.1) is 5.92 Å². The first-order valence-electron chi connectivity index (χ1n) is 16.1. The Labute approximate surface area is 267 Å². The third kappa shape index (κ3) is 19.2. The van der Waals surface area contributed by atoms with Gasteiger partial charge in [0.25, 0.3) is 0 Å². The molecule has 1 aromatic rings. The Bertz CT molecular complexity index is 877. The van der Waals surface area contributed by atoms with Crippen LogP contribution >= 0.6 is 0 Å². The highest BCUT2D eigenvalue weighted by Crippen LogP contribution is 2.23. The van der Waals surface area contributed by atoms with E-state index in [1.165, 1.54) is 4.90 Å². The normalized spacial score (nSPS) is 15.2. The number of aromatic nitrogens is 3. The molecule has 15 nitrogen and oxygen atoms in total. The van der Waals surface area contributed by atoms with E-state index >= 15 is 0 Å². The molecule has 0 radical (unpaired) electrons. The predicted molar refractivity (Wildman–Crippen MR) is 162 cm³/mol. The Morgan fingerprint density at radius 3 is 1.40 bits per heavy atom. The van der Waals surface area contributed by atoms with Gasteiger partial charge in [0.15, 0.2) is 0 Å². The number of carbonyl (C=O) groups is 2. The lowest BCUT2D eigenvalue weighted by molar-refractivity contribution is -0.140. The number of rotatable bonds is 32. The summed E-state index contributed by atoms with van der Waals surface area (Å²) in [6, 6.07) is 0. The molecule has 1 aromatic heterocycles. The van der Waals surface area contributed by atoms with E-state index in [0.717, 1.165) is 13.0 Å². The van der Waals surface area contributed by atoms with Gasteiger partial charge in [0.2, 0.25) is 11.8 Å². The summed E-state index contributed by atoms with van der Waals surface area (Å²) in [6.45, 7) is 14.1. The van der Waals surface area contributed by atoms with E-state index in [2.05, 4.69) is 17.2 Å². The quantitative estimate of drug-likeness (QED) is 0.0813. The lowest BCUT2D eigenvalue weighted by Crippen LogP contribution is -2.30. The first-order valence-corrected chi connectivity index (χ1v) is 16.1. The monoisotopic (exact) mass is 646 g/mol. The Balaban J connectivity index is 1.24. The summed E-state index contributed by atoms with van der Waals surface area (Å²) >= 11 is 0. The zero-order valence-electron chi connectivity index (χ0n) is 27.2. The largest absolute Gasteiger partial charge is 0.379 e. The van der Waals surface area contributed by atoms with Crippen molar-refractivity contribution in [2.75, 3.05) is 119 Å². The van der Waals surface area contributed by atoms with Gasteiger partial charge in [-0.25, -0.2) is 4.68 Å². The summed E-state index contributed by atoms with van der Waals surface area (Å²) in [4.78, 5) is 25.6. The van der Waals surface area contributed by atoms with Gasteiger partial charge >= 0.3 is 0 Å². The smallest absolute Gasteiger partial charge is 0.233 e. The van der Waals surface area contributed by atoms with E-state index in [1.807, 2.05) is 6.92 Å². The first kappa shape index (κ1) is 39.1. The van der Waals surface area contributed by atoms with E-state index in [-0.39, 0.29) is 30.7 Å². The Morgan fingerprint density at radius 2 is 1.02 bits per heavy atom. The molecular formula is C30H54N4O11. The standard InChI is InChI=1S/C30H54N4O11/c1-3-6-37-8-10-39-12-14-41-16-18-43-20-22-45-23-21-44-19-17-42-15-13-40-11-9-38-7-5-33-25-28(31-32-33)26-34-29(35)24-27(4-2)30(34)36/h25,27H,3-24,26H2,1-2H3. The summed E-state index contributed by atoms with van der Waals surface area (Å²) in [6.07, 6.45) is 3.69. The van der Waals surface area contributed by atoms with Gasteiger partial charge in [-0.2, -0.15) is 0 Å². The van der Waals surface area contributed by atoms with Crippen molar-refractivity contribution in [3.8, 4) is 0 Å². The zero-order chi connectivity index (χ0) is 32.2. The molecule has 2 heterocycles. The van der Waals surface area contributed by atoms with Crippen molar-refractivity contribution < 1.29 is 52.2 Å². The second-order valence-corrected chi connectivity index (χ2v) is 10.1. The maximum Gasteiger partial charge on any atom is 0.233 e. The van der Waals surface area contributed by atoms with E-state index in [0.29, 0.717) is 131 Å². The van der Waals surface area contributed by atoms with E-state index < -0.39 is 0 Å². The summed E-state index contributed by atoms with van der Waals surface area (Å²) in [5.41, 5.74) is 0.580. The van der Waals surface area contributed by atoms with Crippen LogP contribution in [-0.4, -0.2) is 151 Å². The molecule has 2 rings (SSSR count). The van der Waals surface area contributed by atoms with Crippen molar-refractivity contribution in [3.63, 3.8) is 0 Å². The van der Waals surface area contributed by atoms with Gasteiger partial charge in [0, 0.05) is 18.9 Å². The van der Waals surface area contributed by atoms with Crippen molar-refractivity contribution in [2.24, 2.45) is 5.92 Å². The van der Waals surface area contributed by atoms with Crippen LogP contribution in [-0.2, 0) is 65.3 Å². The fraction of sp³-hybridized carbons (Fsp3) is 0.867. The number of ether oxygens (including phenoxy) is 9. The number of imide groups is 1. The lowest BCUT2D eigenvalue weighted by Gasteiger charge is -2.12. The fourth-order valence-corrected chi connectivity index (χ4v) is 4.08. The molecule has 1 atom stereocenters. The molecule has 1 aliphatic rings. The minimum atomic E-state index is -0.215. The number of hydrogen-bond donors (Lipinski definition) is 0. The highest BCUT2D eigenvalue weighted by molar-refractivity contribution is 6.03. The minimum absolute atomic E-state index is 0.126. The zero-order valence-corrected chi connectivity index (χ0v) is 27.2. The predicted octanol–water partition coefficient (Wildman–Crippen LogP) is 1.12. The van der Waals surface area contributed by atoms with Crippen LogP contribution in [0.4, 0.5) is 0 Å². The number of amides is 2. The number of likely N-dealkylation sites (tertiary alicyclic amines) is 1. The SMILES string of the molecule is CCCOCCOCCOCCOCCOCCOCCOCCOCCOCCn1cc(CN2C(=O)CC(CC)C2=O)nn1. The highest BCUT2D eigenvalue weighted by atomic mass is 16.6. The summed E-state index contributed by atoms with van der Waals surface area (Å²) in [5.74, 6) is -0.491. The van der Waals surface area contributed by atoms with Crippen molar-refractivity contribution >= 4 is 11.8 Å². The minimum Gasteiger partial charge on any atom is -0.379 e. The van der Waals surface area contributed by atoms with Crippen LogP contribution in [0.2, 0.25) is 0 Å². The van der Waals surface area contributed by atoms with Crippen LogP contribution < -0.4 is 0 Å². The van der Waals surface area contributed by atoms with Crippen LogP contribution in [0.3, 0.4) is 0 Å². The molecule has 15 heteroatoms. The molecule has 2 amide bonds. The molecule has 0 spiro atoms. The molecule has 0 aromatic carbocycles. The molecule has 45 heavy (non-hydrogen) atoms. The molecule has 0 aliphatic carbocycles. The molecule has 1 saturated heterocycles. The van der Waals surface area contributed by atoms with Gasteiger partial charge in [-0.15, -0.1) is 5.10 Å². The lowest BCUT2D eigenvalue weighted by atomic mass is 10.1. The number of carbonyl (C=O) groups excluding carboxylic acids is 2. The second kappa shape index (κ2) is 27.1. The Hall–Kier alpha value is -2.08. The second-order valence-electron chi connectivity index (χ2n) is 10.1. The number of nitrogens with zero attached hydrogens (tertiary/aromatic N) is 4. The highest BCUT2D eigenvalue weighted by Gasteiger charge is 2.37. The molecule has 0 saturated carbocycles. The van der Waals surface area contributed by atoms with Gasteiger partial charge in [-0.3, -0.25) is 14.5 Å². The Morgan fingerprint density at radius 1 is 0.622 bits per heavy atom. The van der Waals surface area contributed by atoms with Gasteiger partial charge in [0.1, 0.15) is 5.69 Å². The molecule has 1 fully saturated rings. The summed E-state index contributed by atoms with van der Waals surface area (Å²) < 4.78 is 50.8. The number of hydrogen-bond acceptors (Lipinski definition) is 13. The fourth-order valence-electron chi connectivity index (χ4n) is 4.08. The summed E-state index contributed by atoms with van der Waals surface area (Å²) in [5, 5.41) is 8.10. The van der Waals surface area contributed by atoms with Gasteiger partial charge < -0.3 is 42.6 Å². The van der Waals surface area contributed by atoms with Crippen molar-refractivity contribution in [1.29, 1.82) is 0 Å². The molecule has 1 unspecified atom stereocenters. The molecule has 260 valence electrons. The first-order chi connectivity index (χ1) is 22.2. The van der Waals surface area contributed by atoms with Gasteiger partial charge in [0.05, 0.1) is 132 Å². The maximum absolute atomic E-state index is 12.3. The molecule has 0 N–H and O–H groups in total. The third-order valence-electron chi connectivity index (χ3n) is 6.53. The topological polar surface area (TPSA) is 151 Å². The van der Waals surface area contributed by atoms with Crippen molar-refractivity contribution in [3.05, 3.63) is 11.9 Å². The van der Waals surface area contributed by atoms with E-state index in [9.17, 15) is 9.59 Å².